The summed E-state index contributed by atoms with van der Waals surface area (Å²) in [5, 5.41) is 5.11. The monoisotopic (exact) mass is 523 g/mol. The number of carbonyl (C=O) groups is 3. The highest BCUT2D eigenvalue weighted by Crippen LogP contribution is 2.34. The average Bonchev–Trinajstić information content (AvgIpc) is 3.45. The van der Waals surface area contributed by atoms with Crippen molar-refractivity contribution >= 4 is 46.2 Å². The fraction of sp³-hybridized carbons (Fsp3) is 0.231. The highest BCUT2D eigenvalue weighted by Gasteiger charge is 2.34. The van der Waals surface area contributed by atoms with Crippen LogP contribution in [0.15, 0.2) is 58.8 Å². The standard InChI is InChI=1S/C26H25N3O5S2/c1-3-34-20-10-9-17(13-21(20)33-2)14-22-25(31)29(26(32)36-22)12-11-27-23(30)15-19-16-35-24(28-19)18-7-5-4-6-8-18/h4-10,13-14,16H,3,11-12,15H2,1-2H3,(H,27,30)/b22-14+. The van der Waals surface area contributed by atoms with E-state index >= 15 is 0 Å². The number of thiazole rings is 1. The Bertz CT molecular complexity index is 1290. The van der Waals surface area contributed by atoms with Crippen LogP contribution in [0, 0.1) is 0 Å². The maximum Gasteiger partial charge on any atom is 0.293 e. The summed E-state index contributed by atoms with van der Waals surface area (Å²) in [7, 11) is 1.54. The van der Waals surface area contributed by atoms with Crippen molar-refractivity contribution in [1.29, 1.82) is 0 Å². The zero-order valence-corrected chi connectivity index (χ0v) is 21.5. The minimum Gasteiger partial charge on any atom is -0.493 e. The molecule has 1 saturated heterocycles. The van der Waals surface area contributed by atoms with E-state index in [0.717, 1.165) is 27.2 Å². The lowest BCUT2D eigenvalue weighted by atomic mass is 10.2. The number of nitrogens with one attached hydrogen (secondary N) is 1. The summed E-state index contributed by atoms with van der Waals surface area (Å²) in [5.74, 6) is 0.543. The highest BCUT2D eigenvalue weighted by molar-refractivity contribution is 8.18. The van der Waals surface area contributed by atoms with Gasteiger partial charge in [-0.15, -0.1) is 11.3 Å². The van der Waals surface area contributed by atoms with Crippen LogP contribution >= 0.6 is 23.1 Å². The van der Waals surface area contributed by atoms with Crippen molar-refractivity contribution in [3.8, 4) is 22.1 Å². The number of amides is 3. The lowest BCUT2D eigenvalue weighted by molar-refractivity contribution is -0.124. The Morgan fingerprint density at radius 1 is 1.14 bits per heavy atom. The molecule has 10 heteroatoms. The summed E-state index contributed by atoms with van der Waals surface area (Å²) in [6.07, 6.45) is 1.78. The first-order valence-corrected chi connectivity index (χ1v) is 13.0. The largest absolute Gasteiger partial charge is 0.493 e. The lowest BCUT2D eigenvalue weighted by Crippen LogP contribution is -2.37. The fourth-order valence-electron chi connectivity index (χ4n) is 3.53. The number of aromatic nitrogens is 1. The van der Waals surface area contributed by atoms with E-state index in [2.05, 4.69) is 10.3 Å². The number of ether oxygens (including phenoxy) is 2. The molecule has 1 aromatic heterocycles. The summed E-state index contributed by atoms with van der Waals surface area (Å²) in [4.78, 5) is 43.5. The van der Waals surface area contributed by atoms with Gasteiger partial charge in [-0.3, -0.25) is 19.3 Å². The highest BCUT2D eigenvalue weighted by atomic mass is 32.2. The van der Waals surface area contributed by atoms with Gasteiger partial charge >= 0.3 is 0 Å². The van der Waals surface area contributed by atoms with E-state index in [1.165, 1.54) is 11.3 Å². The molecule has 1 fully saturated rings. The molecule has 0 radical (unpaired) electrons. The second kappa shape index (κ2) is 11.9. The normalized spacial score (nSPS) is 14.4. The van der Waals surface area contributed by atoms with E-state index < -0.39 is 0 Å². The first-order valence-electron chi connectivity index (χ1n) is 11.3. The minimum absolute atomic E-state index is 0.0900. The first kappa shape index (κ1) is 25.5. The second-order valence-corrected chi connectivity index (χ2v) is 9.56. The van der Waals surface area contributed by atoms with Gasteiger partial charge in [0.2, 0.25) is 5.91 Å². The number of benzene rings is 2. The molecule has 0 atom stereocenters. The maximum absolute atomic E-state index is 12.8. The minimum atomic E-state index is -0.390. The van der Waals surface area contributed by atoms with Crippen LogP contribution in [0.1, 0.15) is 18.2 Å². The molecule has 4 rings (SSSR count). The SMILES string of the molecule is CCOc1ccc(/C=C2/SC(=O)N(CCNC(=O)Cc3csc(-c4ccccc4)n3)C2=O)cc1OC. The van der Waals surface area contributed by atoms with E-state index in [1.54, 1.807) is 31.4 Å². The third kappa shape index (κ3) is 6.13. The van der Waals surface area contributed by atoms with E-state index in [4.69, 9.17) is 9.47 Å². The molecule has 2 aromatic carbocycles. The van der Waals surface area contributed by atoms with Crippen molar-refractivity contribution in [2.24, 2.45) is 0 Å². The van der Waals surface area contributed by atoms with Crippen LogP contribution in [-0.2, 0) is 16.0 Å². The number of hydrogen-bond donors (Lipinski definition) is 1. The van der Waals surface area contributed by atoms with Crippen molar-refractivity contribution in [3.05, 3.63) is 70.1 Å². The van der Waals surface area contributed by atoms with Crippen molar-refractivity contribution in [3.63, 3.8) is 0 Å². The van der Waals surface area contributed by atoms with Gasteiger partial charge in [0.15, 0.2) is 11.5 Å². The number of imide groups is 1. The number of nitrogens with zero attached hydrogens (tertiary/aromatic N) is 2. The molecule has 0 aliphatic carbocycles. The van der Waals surface area contributed by atoms with Crippen molar-refractivity contribution < 1.29 is 23.9 Å². The molecule has 3 aromatic rings. The molecule has 36 heavy (non-hydrogen) atoms. The van der Waals surface area contributed by atoms with Crippen LogP contribution in [0.4, 0.5) is 4.79 Å². The molecule has 0 saturated carbocycles. The molecule has 1 N–H and O–H groups in total. The second-order valence-electron chi connectivity index (χ2n) is 7.71. The van der Waals surface area contributed by atoms with Crippen LogP contribution < -0.4 is 14.8 Å². The summed E-state index contributed by atoms with van der Waals surface area (Å²) in [6.45, 7) is 2.64. The molecule has 0 unspecified atom stereocenters. The Hall–Kier alpha value is -3.63. The molecule has 2 heterocycles. The Morgan fingerprint density at radius 3 is 2.69 bits per heavy atom. The molecule has 0 bridgehead atoms. The summed E-state index contributed by atoms with van der Waals surface area (Å²) >= 11 is 2.35. The Labute approximate surface area is 217 Å². The van der Waals surface area contributed by atoms with Crippen molar-refractivity contribution in [1.82, 2.24) is 15.2 Å². The quantitative estimate of drug-likeness (QED) is 0.388. The predicted octanol–water partition coefficient (Wildman–Crippen LogP) is 4.61. The van der Waals surface area contributed by atoms with Gasteiger partial charge in [0, 0.05) is 24.0 Å². The van der Waals surface area contributed by atoms with Crippen LogP contribution in [0.3, 0.4) is 0 Å². The van der Waals surface area contributed by atoms with Gasteiger partial charge in [-0.1, -0.05) is 36.4 Å². The third-order valence-corrected chi connectivity index (χ3v) is 7.08. The van der Waals surface area contributed by atoms with Gasteiger partial charge in [0.05, 0.1) is 30.7 Å². The molecular weight excluding hydrogens is 498 g/mol. The third-order valence-electron chi connectivity index (χ3n) is 5.23. The fourth-order valence-corrected chi connectivity index (χ4v) is 5.22. The van der Waals surface area contributed by atoms with E-state index in [0.29, 0.717) is 34.3 Å². The van der Waals surface area contributed by atoms with E-state index in [1.807, 2.05) is 42.6 Å². The van der Waals surface area contributed by atoms with E-state index in [-0.39, 0.29) is 36.6 Å². The number of carbonyl (C=O) groups excluding carboxylic acids is 3. The van der Waals surface area contributed by atoms with Gasteiger partial charge in [0.1, 0.15) is 5.01 Å². The predicted molar refractivity (Wildman–Crippen MR) is 141 cm³/mol. The Balaban J connectivity index is 1.30. The number of methoxy groups -OCH3 is 1. The summed E-state index contributed by atoms with van der Waals surface area (Å²) in [6, 6.07) is 15.1. The molecule has 3 amide bonds. The number of rotatable bonds is 10. The zero-order valence-electron chi connectivity index (χ0n) is 19.9. The molecule has 1 aliphatic rings. The van der Waals surface area contributed by atoms with Gasteiger partial charge in [-0.2, -0.15) is 0 Å². The number of hydrogen-bond acceptors (Lipinski definition) is 8. The van der Waals surface area contributed by atoms with Gasteiger partial charge < -0.3 is 14.8 Å². The van der Waals surface area contributed by atoms with E-state index in [9.17, 15) is 14.4 Å². The smallest absolute Gasteiger partial charge is 0.293 e. The Morgan fingerprint density at radius 2 is 1.94 bits per heavy atom. The van der Waals surface area contributed by atoms with Crippen LogP contribution in [0.25, 0.3) is 16.6 Å². The summed E-state index contributed by atoms with van der Waals surface area (Å²) in [5.41, 5.74) is 2.40. The van der Waals surface area contributed by atoms with Crippen LogP contribution in [0.5, 0.6) is 11.5 Å². The topological polar surface area (TPSA) is 97.8 Å². The molecule has 186 valence electrons. The van der Waals surface area contributed by atoms with Gasteiger partial charge in [0.25, 0.3) is 11.1 Å². The molecule has 8 nitrogen and oxygen atoms in total. The molecule has 0 spiro atoms. The van der Waals surface area contributed by atoms with Crippen LogP contribution in [-0.4, -0.2) is 53.7 Å². The lowest BCUT2D eigenvalue weighted by Gasteiger charge is -2.13. The maximum atomic E-state index is 12.8. The molecule has 1 aliphatic heterocycles. The van der Waals surface area contributed by atoms with Gasteiger partial charge in [-0.05, 0) is 42.5 Å². The van der Waals surface area contributed by atoms with Gasteiger partial charge in [-0.25, -0.2) is 4.98 Å². The zero-order chi connectivity index (χ0) is 25.5. The summed E-state index contributed by atoms with van der Waals surface area (Å²) < 4.78 is 10.9. The Kier molecular flexibility index (Phi) is 8.40. The van der Waals surface area contributed by atoms with Crippen molar-refractivity contribution in [2.45, 2.75) is 13.3 Å². The van der Waals surface area contributed by atoms with Crippen LogP contribution in [0.2, 0.25) is 0 Å². The van der Waals surface area contributed by atoms with Crippen molar-refractivity contribution in [2.75, 3.05) is 26.8 Å². The first-order chi connectivity index (χ1) is 17.5. The average molecular weight is 524 g/mol. The number of thioether (sulfide) groups is 1. The molecular formula is C26H25N3O5S2.